The van der Waals surface area contributed by atoms with Crippen molar-refractivity contribution < 1.29 is 9.53 Å². The van der Waals surface area contributed by atoms with Crippen LogP contribution in [0.5, 0.6) is 0 Å². The van der Waals surface area contributed by atoms with Crippen LogP contribution in [0.2, 0.25) is 0 Å². The maximum Gasteiger partial charge on any atom is 0.410 e. The Balaban J connectivity index is 2.53. The van der Waals surface area contributed by atoms with Crippen LogP contribution in [0.4, 0.5) is 4.79 Å². The molecular formula is C12H24N2O2. The second-order valence-corrected chi connectivity index (χ2v) is 4.63. The van der Waals surface area contributed by atoms with Gasteiger partial charge in [-0.25, -0.2) is 4.79 Å². The van der Waals surface area contributed by atoms with E-state index >= 15 is 0 Å². The first-order chi connectivity index (χ1) is 7.65. The van der Waals surface area contributed by atoms with E-state index < -0.39 is 0 Å². The van der Waals surface area contributed by atoms with Gasteiger partial charge >= 0.3 is 6.09 Å². The first-order valence-electron chi connectivity index (χ1n) is 6.33. The van der Waals surface area contributed by atoms with Gasteiger partial charge in [0.25, 0.3) is 0 Å². The number of hydrogen-bond donors (Lipinski definition) is 1. The minimum absolute atomic E-state index is 0.0385. The Morgan fingerprint density at radius 2 is 2.31 bits per heavy atom. The Bertz CT molecular complexity index is 213. The number of nitrogens with zero attached hydrogens (tertiary/aromatic N) is 1. The zero-order chi connectivity index (χ0) is 12.0. The Kier molecular flexibility index (Phi) is 5.60. The van der Waals surface area contributed by atoms with Gasteiger partial charge in [-0.2, -0.15) is 0 Å². The van der Waals surface area contributed by atoms with Gasteiger partial charge in [0, 0.05) is 19.1 Å². The van der Waals surface area contributed by atoms with E-state index in [1.807, 2.05) is 18.7 Å². The number of hydrogen-bond acceptors (Lipinski definition) is 3. The summed E-state index contributed by atoms with van der Waals surface area (Å²) in [6, 6.07) is 0.306. The van der Waals surface area contributed by atoms with Crippen molar-refractivity contribution in [1.29, 1.82) is 0 Å². The second-order valence-electron chi connectivity index (χ2n) is 4.63. The molecule has 0 aromatic carbocycles. The van der Waals surface area contributed by atoms with Gasteiger partial charge in [0.1, 0.15) is 0 Å². The highest BCUT2D eigenvalue weighted by Gasteiger charge is 2.26. The Morgan fingerprint density at radius 1 is 1.56 bits per heavy atom. The fourth-order valence-electron chi connectivity index (χ4n) is 2.03. The monoisotopic (exact) mass is 228 g/mol. The Morgan fingerprint density at radius 3 is 2.81 bits per heavy atom. The van der Waals surface area contributed by atoms with E-state index in [0.29, 0.717) is 6.04 Å². The highest BCUT2D eigenvalue weighted by Crippen LogP contribution is 2.13. The molecule has 0 aliphatic carbocycles. The first-order valence-corrected chi connectivity index (χ1v) is 6.33. The van der Waals surface area contributed by atoms with Crippen molar-refractivity contribution in [2.45, 2.75) is 52.2 Å². The van der Waals surface area contributed by atoms with Crippen LogP contribution in [0, 0.1) is 0 Å². The van der Waals surface area contributed by atoms with E-state index in [9.17, 15) is 4.79 Å². The SMILES string of the molecule is CCCN(C(=O)OC(C)C)C1CCCNC1. The van der Waals surface area contributed by atoms with Gasteiger partial charge in [0.05, 0.1) is 6.10 Å². The average Bonchev–Trinajstić information content (AvgIpc) is 2.26. The molecule has 1 fully saturated rings. The summed E-state index contributed by atoms with van der Waals surface area (Å²) in [5, 5.41) is 3.33. The van der Waals surface area contributed by atoms with Gasteiger partial charge in [-0.05, 0) is 39.7 Å². The van der Waals surface area contributed by atoms with Gasteiger partial charge in [-0.3, -0.25) is 0 Å². The van der Waals surface area contributed by atoms with E-state index in [4.69, 9.17) is 4.74 Å². The van der Waals surface area contributed by atoms with E-state index in [1.165, 1.54) is 0 Å². The molecule has 0 aromatic heterocycles. The number of amides is 1. The molecule has 1 aliphatic rings. The molecule has 1 saturated heterocycles. The third kappa shape index (κ3) is 4.00. The summed E-state index contributed by atoms with van der Waals surface area (Å²) in [5.74, 6) is 0. The molecule has 1 N–H and O–H groups in total. The van der Waals surface area contributed by atoms with Crippen molar-refractivity contribution in [3.05, 3.63) is 0 Å². The van der Waals surface area contributed by atoms with Crippen molar-refractivity contribution >= 4 is 6.09 Å². The lowest BCUT2D eigenvalue weighted by atomic mass is 10.1. The van der Waals surface area contributed by atoms with E-state index in [2.05, 4.69) is 12.2 Å². The molecule has 0 radical (unpaired) electrons. The molecule has 4 heteroatoms. The van der Waals surface area contributed by atoms with Crippen LogP contribution in [-0.4, -0.2) is 42.8 Å². The molecule has 0 saturated carbocycles. The molecule has 1 aliphatic heterocycles. The standard InChI is InChI=1S/C12H24N2O2/c1-4-8-14(12(15)16-10(2)3)11-6-5-7-13-9-11/h10-11,13H,4-9H2,1-3H3. The van der Waals surface area contributed by atoms with Crippen molar-refractivity contribution in [3.63, 3.8) is 0 Å². The lowest BCUT2D eigenvalue weighted by Crippen LogP contribution is -2.49. The molecule has 1 atom stereocenters. The van der Waals surface area contributed by atoms with Crippen molar-refractivity contribution in [3.8, 4) is 0 Å². The summed E-state index contributed by atoms with van der Waals surface area (Å²) >= 11 is 0. The molecule has 0 spiro atoms. The van der Waals surface area contributed by atoms with Crippen LogP contribution in [-0.2, 0) is 4.74 Å². The number of nitrogens with one attached hydrogen (secondary N) is 1. The van der Waals surface area contributed by atoms with Crippen LogP contribution in [0.1, 0.15) is 40.0 Å². The molecule has 0 bridgehead atoms. The smallest absolute Gasteiger partial charge is 0.410 e. The van der Waals surface area contributed by atoms with Crippen LogP contribution in [0.3, 0.4) is 0 Å². The molecular weight excluding hydrogens is 204 g/mol. The van der Waals surface area contributed by atoms with Crippen LogP contribution < -0.4 is 5.32 Å². The van der Waals surface area contributed by atoms with Crippen LogP contribution >= 0.6 is 0 Å². The Labute approximate surface area is 98.3 Å². The van der Waals surface area contributed by atoms with Crippen molar-refractivity contribution in [2.24, 2.45) is 0 Å². The van der Waals surface area contributed by atoms with Gasteiger partial charge < -0.3 is 15.0 Å². The van der Waals surface area contributed by atoms with Crippen LogP contribution in [0.15, 0.2) is 0 Å². The maximum atomic E-state index is 11.9. The molecule has 16 heavy (non-hydrogen) atoms. The normalized spacial score (nSPS) is 20.9. The number of piperidine rings is 1. The number of carbonyl (C=O) groups is 1. The summed E-state index contributed by atoms with van der Waals surface area (Å²) in [6.45, 7) is 8.62. The van der Waals surface area contributed by atoms with E-state index in [0.717, 1.165) is 38.9 Å². The third-order valence-electron chi connectivity index (χ3n) is 2.75. The van der Waals surface area contributed by atoms with E-state index in [-0.39, 0.29) is 12.2 Å². The predicted molar refractivity (Wildman–Crippen MR) is 64.5 cm³/mol. The lowest BCUT2D eigenvalue weighted by molar-refractivity contribution is 0.0585. The topological polar surface area (TPSA) is 41.6 Å². The first kappa shape index (κ1) is 13.3. The summed E-state index contributed by atoms with van der Waals surface area (Å²) in [4.78, 5) is 13.8. The fourth-order valence-corrected chi connectivity index (χ4v) is 2.03. The predicted octanol–water partition coefficient (Wildman–Crippen LogP) is 2.00. The minimum atomic E-state index is -0.162. The van der Waals surface area contributed by atoms with Gasteiger partial charge in [-0.15, -0.1) is 0 Å². The van der Waals surface area contributed by atoms with E-state index in [1.54, 1.807) is 0 Å². The molecule has 4 nitrogen and oxygen atoms in total. The highest BCUT2D eigenvalue weighted by molar-refractivity contribution is 5.68. The summed E-state index contributed by atoms with van der Waals surface area (Å²) in [7, 11) is 0. The summed E-state index contributed by atoms with van der Waals surface area (Å²) in [5.41, 5.74) is 0. The summed E-state index contributed by atoms with van der Waals surface area (Å²) in [6.07, 6.45) is 3.00. The Hall–Kier alpha value is -0.770. The molecule has 1 amide bonds. The van der Waals surface area contributed by atoms with Gasteiger partial charge in [0.15, 0.2) is 0 Å². The average molecular weight is 228 g/mol. The number of carbonyl (C=O) groups excluding carboxylic acids is 1. The minimum Gasteiger partial charge on any atom is -0.447 e. The zero-order valence-electron chi connectivity index (χ0n) is 10.7. The maximum absolute atomic E-state index is 11.9. The quantitative estimate of drug-likeness (QED) is 0.800. The molecule has 1 rings (SSSR count). The third-order valence-corrected chi connectivity index (χ3v) is 2.75. The molecule has 0 aromatic rings. The van der Waals surface area contributed by atoms with Gasteiger partial charge in [-0.1, -0.05) is 6.92 Å². The van der Waals surface area contributed by atoms with Crippen LogP contribution in [0.25, 0.3) is 0 Å². The molecule has 1 heterocycles. The number of rotatable bonds is 4. The zero-order valence-corrected chi connectivity index (χ0v) is 10.7. The highest BCUT2D eigenvalue weighted by atomic mass is 16.6. The molecule has 94 valence electrons. The molecule has 1 unspecified atom stereocenters. The van der Waals surface area contributed by atoms with Crippen molar-refractivity contribution in [1.82, 2.24) is 10.2 Å². The largest absolute Gasteiger partial charge is 0.447 e. The summed E-state index contributed by atoms with van der Waals surface area (Å²) < 4.78 is 5.28. The van der Waals surface area contributed by atoms with Crippen molar-refractivity contribution in [2.75, 3.05) is 19.6 Å². The second kappa shape index (κ2) is 6.74. The van der Waals surface area contributed by atoms with Gasteiger partial charge in [0.2, 0.25) is 0 Å². The lowest BCUT2D eigenvalue weighted by Gasteiger charge is -2.34. The number of ether oxygens (including phenoxy) is 1. The fraction of sp³-hybridized carbons (Fsp3) is 0.917.